The summed E-state index contributed by atoms with van der Waals surface area (Å²) in [6, 6.07) is 0. The van der Waals surface area contributed by atoms with Crippen LogP contribution in [0.1, 0.15) is 38.5 Å². The summed E-state index contributed by atoms with van der Waals surface area (Å²) in [7, 11) is 3.41. The van der Waals surface area contributed by atoms with Crippen LogP contribution in [0.4, 0.5) is 4.79 Å². The summed E-state index contributed by atoms with van der Waals surface area (Å²) < 4.78 is 5.47. The fourth-order valence-electron chi connectivity index (χ4n) is 3.19. The molecule has 3 nitrogen and oxygen atoms in total. The molecule has 4 unspecified atom stereocenters. The van der Waals surface area contributed by atoms with Crippen LogP contribution in [0, 0.1) is 11.8 Å². The summed E-state index contributed by atoms with van der Waals surface area (Å²) in [6.07, 6.45) is 6.86. The second-order valence-corrected chi connectivity index (χ2v) is 6.05. The number of nitrogens with zero attached hydrogens (tertiary/aromatic N) is 1. The van der Waals surface area contributed by atoms with E-state index in [1.807, 2.05) is 0 Å². The Hall–Kier alpha value is -0.440. The predicted molar refractivity (Wildman–Crippen MR) is 68.3 cm³/mol. The average molecular weight is 260 g/mol. The first-order valence-electron chi connectivity index (χ1n) is 6.61. The van der Waals surface area contributed by atoms with Crippen LogP contribution in [0.25, 0.3) is 0 Å². The quantitative estimate of drug-likeness (QED) is 0.677. The zero-order valence-corrected chi connectivity index (χ0v) is 11.4. The van der Waals surface area contributed by atoms with Crippen LogP contribution < -0.4 is 0 Å². The highest BCUT2D eigenvalue weighted by Crippen LogP contribution is 2.43. The summed E-state index contributed by atoms with van der Waals surface area (Å²) in [5.74, 6) is 1.32. The van der Waals surface area contributed by atoms with Gasteiger partial charge in [-0.05, 0) is 31.1 Å². The first-order chi connectivity index (χ1) is 8.09. The van der Waals surface area contributed by atoms with Gasteiger partial charge >= 0.3 is 6.09 Å². The van der Waals surface area contributed by atoms with Crippen LogP contribution >= 0.6 is 11.6 Å². The second kappa shape index (κ2) is 5.47. The number of hydrogen-bond acceptors (Lipinski definition) is 2. The van der Waals surface area contributed by atoms with Crippen molar-refractivity contribution in [1.29, 1.82) is 0 Å². The zero-order chi connectivity index (χ0) is 12.4. The molecule has 0 bridgehead atoms. The fourth-order valence-corrected chi connectivity index (χ4v) is 3.70. The largest absolute Gasteiger partial charge is 0.445 e. The van der Waals surface area contributed by atoms with E-state index in [1.165, 1.54) is 37.0 Å². The first kappa shape index (κ1) is 13.0. The standard InChI is InChI=1S/C13H22ClNO2/c1-15(2)13(16)17-11-8-7-9-5-3-4-6-10(9)12(11)14/h9-12H,3-8H2,1-2H3. The number of rotatable bonds is 1. The molecule has 2 aliphatic rings. The summed E-state index contributed by atoms with van der Waals surface area (Å²) in [4.78, 5) is 13.0. The third-order valence-electron chi connectivity index (χ3n) is 4.17. The highest BCUT2D eigenvalue weighted by Gasteiger charge is 2.41. The van der Waals surface area contributed by atoms with Gasteiger partial charge in [0.1, 0.15) is 6.10 Å². The Morgan fingerprint density at radius 2 is 1.88 bits per heavy atom. The van der Waals surface area contributed by atoms with E-state index in [9.17, 15) is 4.79 Å². The third-order valence-corrected chi connectivity index (χ3v) is 4.78. The van der Waals surface area contributed by atoms with Gasteiger partial charge in [0.25, 0.3) is 0 Å². The van der Waals surface area contributed by atoms with Crippen molar-refractivity contribution in [2.75, 3.05) is 14.1 Å². The summed E-state index contributed by atoms with van der Waals surface area (Å²) in [6.45, 7) is 0. The summed E-state index contributed by atoms with van der Waals surface area (Å²) in [5.41, 5.74) is 0. The molecule has 2 aliphatic carbocycles. The van der Waals surface area contributed by atoms with Crippen molar-refractivity contribution in [3.8, 4) is 0 Å². The number of halogens is 1. The fraction of sp³-hybridized carbons (Fsp3) is 0.923. The summed E-state index contributed by atoms with van der Waals surface area (Å²) >= 11 is 6.51. The molecule has 4 atom stereocenters. The Labute approximate surface area is 108 Å². The molecule has 0 saturated heterocycles. The predicted octanol–water partition coefficient (Wildman–Crippen LogP) is 3.26. The SMILES string of the molecule is CN(C)C(=O)OC1CCC2CCCCC2C1Cl. The van der Waals surface area contributed by atoms with Gasteiger partial charge in [0.05, 0.1) is 5.38 Å². The molecule has 1 amide bonds. The Kier molecular flexibility index (Phi) is 4.18. The lowest BCUT2D eigenvalue weighted by Gasteiger charge is -2.42. The molecule has 0 aliphatic heterocycles. The molecule has 0 spiro atoms. The Bertz CT molecular complexity index is 283. The van der Waals surface area contributed by atoms with E-state index in [2.05, 4.69) is 0 Å². The van der Waals surface area contributed by atoms with Gasteiger partial charge in [-0.3, -0.25) is 0 Å². The molecule has 2 fully saturated rings. The van der Waals surface area contributed by atoms with Gasteiger partial charge in [0.2, 0.25) is 0 Å². The number of carbonyl (C=O) groups excluding carboxylic acids is 1. The van der Waals surface area contributed by atoms with E-state index in [4.69, 9.17) is 16.3 Å². The highest BCUT2D eigenvalue weighted by molar-refractivity contribution is 6.21. The number of ether oxygens (including phenoxy) is 1. The second-order valence-electron chi connectivity index (χ2n) is 5.55. The lowest BCUT2D eigenvalue weighted by atomic mass is 9.70. The lowest BCUT2D eigenvalue weighted by molar-refractivity contribution is 0.0197. The molecule has 2 saturated carbocycles. The molecule has 98 valence electrons. The van der Waals surface area contributed by atoms with Gasteiger partial charge in [0, 0.05) is 14.1 Å². The molecular formula is C13H22ClNO2. The van der Waals surface area contributed by atoms with Crippen molar-refractivity contribution < 1.29 is 9.53 Å². The van der Waals surface area contributed by atoms with E-state index >= 15 is 0 Å². The number of alkyl halides is 1. The average Bonchev–Trinajstić information content (AvgIpc) is 2.33. The molecule has 0 aromatic heterocycles. The van der Waals surface area contributed by atoms with E-state index in [1.54, 1.807) is 14.1 Å². The van der Waals surface area contributed by atoms with E-state index in [0.717, 1.165) is 12.3 Å². The number of hydrogen-bond donors (Lipinski definition) is 0. The van der Waals surface area contributed by atoms with Crippen molar-refractivity contribution in [3.05, 3.63) is 0 Å². The maximum atomic E-state index is 11.6. The molecule has 17 heavy (non-hydrogen) atoms. The minimum atomic E-state index is -0.269. The van der Waals surface area contributed by atoms with Gasteiger partial charge in [0.15, 0.2) is 0 Å². The first-order valence-corrected chi connectivity index (χ1v) is 7.05. The minimum Gasteiger partial charge on any atom is -0.445 e. The topological polar surface area (TPSA) is 29.5 Å². The Morgan fingerprint density at radius 3 is 2.59 bits per heavy atom. The number of carbonyl (C=O) groups is 1. The smallest absolute Gasteiger partial charge is 0.409 e. The maximum Gasteiger partial charge on any atom is 0.409 e. The van der Waals surface area contributed by atoms with Crippen LogP contribution in [0.15, 0.2) is 0 Å². The van der Waals surface area contributed by atoms with Gasteiger partial charge < -0.3 is 9.64 Å². The minimum absolute atomic E-state index is 0.0120. The van der Waals surface area contributed by atoms with Crippen molar-refractivity contribution in [2.45, 2.75) is 50.0 Å². The normalized spacial score (nSPS) is 37.1. The van der Waals surface area contributed by atoms with Crippen molar-refractivity contribution >= 4 is 17.7 Å². The van der Waals surface area contributed by atoms with Crippen LogP contribution in [-0.4, -0.2) is 36.6 Å². The molecule has 2 rings (SSSR count). The van der Waals surface area contributed by atoms with E-state index in [-0.39, 0.29) is 17.6 Å². The molecule has 0 N–H and O–H groups in total. The van der Waals surface area contributed by atoms with E-state index in [0.29, 0.717) is 5.92 Å². The highest BCUT2D eigenvalue weighted by atomic mass is 35.5. The molecule has 0 aromatic rings. The van der Waals surface area contributed by atoms with Crippen LogP contribution in [-0.2, 0) is 4.74 Å². The molecule has 4 heteroatoms. The Morgan fingerprint density at radius 1 is 1.18 bits per heavy atom. The summed E-state index contributed by atoms with van der Waals surface area (Å²) in [5, 5.41) is 0.0120. The van der Waals surface area contributed by atoms with Crippen molar-refractivity contribution in [1.82, 2.24) is 4.90 Å². The molecule has 0 aromatic carbocycles. The van der Waals surface area contributed by atoms with Crippen molar-refractivity contribution in [3.63, 3.8) is 0 Å². The van der Waals surface area contributed by atoms with Gasteiger partial charge in [-0.2, -0.15) is 0 Å². The van der Waals surface area contributed by atoms with Gasteiger partial charge in [-0.15, -0.1) is 11.6 Å². The van der Waals surface area contributed by atoms with Crippen LogP contribution in [0.5, 0.6) is 0 Å². The van der Waals surface area contributed by atoms with Crippen molar-refractivity contribution in [2.24, 2.45) is 11.8 Å². The molecular weight excluding hydrogens is 238 g/mol. The van der Waals surface area contributed by atoms with Gasteiger partial charge in [-0.1, -0.05) is 19.3 Å². The molecule has 0 heterocycles. The number of amides is 1. The Balaban J connectivity index is 1.94. The lowest BCUT2D eigenvalue weighted by Crippen LogP contribution is -2.44. The maximum absolute atomic E-state index is 11.6. The third kappa shape index (κ3) is 2.87. The van der Waals surface area contributed by atoms with Crippen LogP contribution in [0.3, 0.4) is 0 Å². The number of fused-ring (bicyclic) bond motifs is 1. The molecule has 0 radical (unpaired) electrons. The monoisotopic (exact) mass is 259 g/mol. The van der Waals surface area contributed by atoms with Gasteiger partial charge in [-0.25, -0.2) is 4.79 Å². The van der Waals surface area contributed by atoms with Crippen LogP contribution in [0.2, 0.25) is 0 Å². The van der Waals surface area contributed by atoms with E-state index < -0.39 is 0 Å². The zero-order valence-electron chi connectivity index (χ0n) is 10.7.